The Kier molecular flexibility index (Phi) is 8.56. The number of hydrogen-bond acceptors (Lipinski definition) is 5. The van der Waals surface area contributed by atoms with Crippen molar-refractivity contribution < 1.29 is 4.79 Å². The molecule has 8 nitrogen and oxygen atoms in total. The van der Waals surface area contributed by atoms with Gasteiger partial charge in [-0.25, -0.2) is 0 Å². The number of benzene rings is 1. The van der Waals surface area contributed by atoms with Crippen molar-refractivity contribution in [3.63, 3.8) is 0 Å². The third kappa shape index (κ3) is 7.23. The van der Waals surface area contributed by atoms with Gasteiger partial charge < -0.3 is 5.32 Å². The summed E-state index contributed by atoms with van der Waals surface area (Å²) < 4.78 is 0. The molecule has 2 aromatic heterocycles. The molecule has 31 heavy (non-hydrogen) atoms. The molecule has 0 aliphatic carbocycles. The number of guanidine groups is 1. The number of Topliss-reactive ketones (excluding diaryl/α,β-unsaturated/α-hetero) is 1. The summed E-state index contributed by atoms with van der Waals surface area (Å²) >= 11 is 0. The molecule has 2 heterocycles. The Bertz CT molecular complexity index is 1040. The van der Waals surface area contributed by atoms with E-state index in [2.05, 4.69) is 30.8 Å². The zero-order valence-electron chi connectivity index (χ0n) is 17.5. The normalized spacial score (nSPS) is 11.3. The summed E-state index contributed by atoms with van der Waals surface area (Å²) in [5.74, 6) is 0.702. The third-order valence-corrected chi connectivity index (χ3v) is 4.95. The maximum absolute atomic E-state index is 12.3. The standard InChI is InChI=1S/C23H27N7O/c24-17-27-23(29-20-10-13-25-14-11-20)26-12-5-3-1-2-4-9-21(31)15-18-7-6-8-19-16-28-30-22(18)19/h6-8,10-11,13-14,16H,1-5,9,12,15H2,(H,28,30)(H2,25,26,27,29). The van der Waals surface area contributed by atoms with Crippen LogP contribution in [0.1, 0.15) is 44.1 Å². The highest BCUT2D eigenvalue weighted by Crippen LogP contribution is 2.17. The zero-order chi connectivity index (χ0) is 21.7. The molecular formula is C23H27N7O. The molecule has 0 bridgehead atoms. The Morgan fingerprint density at radius 3 is 2.74 bits per heavy atom. The Hall–Kier alpha value is -3.73. The van der Waals surface area contributed by atoms with Gasteiger partial charge in [0.15, 0.2) is 6.19 Å². The number of fused-ring (bicyclic) bond motifs is 1. The molecule has 0 aliphatic rings. The van der Waals surface area contributed by atoms with Gasteiger partial charge in [0, 0.05) is 42.9 Å². The number of nitriles is 1. The van der Waals surface area contributed by atoms with Crippen LogP contribution in [0.15, 0.2) is 53.9 Å². The van der Waals surface area contributed by atoms with E-state index in [-0.39, 0.29) is 5.78 Å². The fraction of sp³-hybridized carbons (Fsp3) is 0.348. The van der Waals surface area contributed by atoms with Crippen molar-refractivity contribution in [2.75, 3.05) is 11.9 Å². The highest BCUT2D eigenvalue weighted by molar-refractivity contribution is 5.94. The molecule has 3 N–H and O–H groups in total. The Morgan fingerprint density at radius 1 is 1.10 bits per heavy atom. The highest BCUT2D eigenvalue weighted by atomic mass is 16.1. The van der Waals surface area contributed by atoms with E-state index in [1.54, 1.807) is 18.6 Å². The summed E-state index contributed by atoms with van der Waals surface area (Å²) in [4.78, 5) is 20.7. The van der Waals surface area contributed by atoms with E-state index in [1.165, 1.54) is 0 Å². The number of anilines is 1. The fourth-order valence-corrected chi connectivity index (χ4v) is 3.37. The van der Waals surface area contributed by atoms with Gasteiger partial charge in [0.05, 0.1) is 11.7 Å². The number of pyridine rings is 1. The lowest BCUT2D eigenvalue weighted by atomic mass is 10.0. The van der Waals surface area contributed by atoms with Crippen molar-refractivity contribution in [3.05, 3.63) is 54.5 Å². The van der Waals surface area contributed by atoms with Gasteiger partial charge in [-0.1, -0.05) is 37.5 Å². The minimum absolute atomic E-state index is 0.265. The van der Waals surface area contributed by atoms with E-state index in [1.807, 2.05) is 36.5 Å². The van der Waals surface area contributed by atoms with Crippen molar-refractivity contribution in [1.82, 2.24) is 20.5 Å². The molecular weight excluding hydrogens is 390 g/mol. The molecule has 0 radical (unpaired) electrons. The number of ketones is 1. The summed E-state index contributed by atoms with van der Waals surface area (Å²) in [6.07, 6.45) is 13.1. The van der Waals surface area contributed by atoms with Crippen molar-refractivity contribution in [1.29, 1.82) is 5.26 Å². The lowest BCUT2D eigenvalue weighted by molar-refractivity contribution is -0.118. The highest BCUT2D eigenvalue weighted by Gasteiger charge is 2.08. The Labute approximate surface area is 181 Å². The van der Waals surface area contributed by atoms with E-state index >= 15 is 0 Å². The van der Waals surface area contributed by atoms with Crippen LogP contribution in [-0.4, -0.2) is 33.5 Å². The predicted octanol–water partition coefficient (Wildman–Crippen LogP) is 3.95. The number of aromatic nitrogens is 3. The molecule has 0 amide bonds. The minimum Gasteiger partial charge on any atom is -0.325 e. The second-order valence-electron chi connectivity index (χ2n) is 7.31. The summed E-state index contributed by atoms with van der Waals surface area (Å²) in [6.45, 7) is 0.634. The second kappa shape index (κ2) is 12.1. The van der Waals surface area contributed by atoms with Crippen molar-refractivity contribution >= 4 is 28.3 Å². The average molecular weight is 418 g/mol. The first-order valence-electron chi connectivity index (χ1n) is 10.6. The van der Waals surface area contributed by atoms with E-state index in [0.717, 1.165) is 54.3 Å². The molecule has 0 saturated heterocycles. The quantitative estimate of drug-likeness (QED) is 0.143. The molecule has 0 fully saturated rings. The van der Waals surface area contributed by atoms with Crippen LogP contribution in [0.2, 0.25) is 0 Å². The van der Waals surface area contributed by atoms with Gasteiger partial charge in [-0.05, 0) is 30.5 Å². The van der Waals surface area contributed by atoms with Crippen LogP contribution in [-0.2, 0) is 11.2 Å². The van der Waals surface area contributed by atoms with Gasteiger partial charge in [-0.15, -0.1) is 0 Å². The lowest BCUT2D eigenvalue weighted by Crippen LogP contribution is -2.27. The van der Waals surface area contributed by atoms with Gasteiger partial charge in [-0.2, -0.15) is 10.4 Å². The Morgan fingerprint density at radius 2 is 1.90 bits per heavy atom. The van der Waals surface area contributed by atoms with Crippen molar-refractivity contribution in [3.8, 4) is 6.19 Å². The number of carbonyl (C=O) groups excluding carboxylic acids is 1. The number of H-pyrrole nitrogens is 1. The van der Waals surface area contributed by atoms with Gasteiger partial charge in [0.1, 0.15) is 5.78 Å². The van der Waals surface area contributed by atoms with Crippen LogP contribution < -0.4 is 10.6 Å². The number of unbranched alkanes of at least 4 members (excludes halogenated alkanes) is 4. The summed E-state index contributed by atoms with van der Waals surface area (Å²) in [6, 6.07) is 9.56. The smallest absolute Gasteiger partial charge is 0.209 e. The molecule has 3 rings (SSSR count). The zero-order valence-corrected chi connectivity index (χ0v) is 17.5. The third-order valence-electron chi connectivity index (χ3n) is 4.95. The number of nitrogens with zero attached hydrogens (tertiary/aromatic N) is 4. The van der Waals surface area contributed by atoms with Gasteiger partial charge >= 0.3 is 0 Å². The predicted molar refractivity (Wildman–Crippen MR) is 121 cm³/mol. The molecule has 0 atom stereocenters. The van der Waals surface area contributed by atoms with Crippen LogP contribution >= 0.6 is 0 Å². The van der Waals surface area contributed by atoms with Gasteiger partial charge in [0.2, 0.25) is 5.96 Å². The van der Waals surface area contributed by atoms with E-state index in [4.69, 9.17) is 5.26 Å². The summed E-state index contributed by atoms with van der Waals surface area (Å²) in [5.41, 5.74) is 2.80. The Balaban J connectivity index is 1.29. The lowest BCUT2D eigenvalue weighted by Gasteiger charge is -2.07. The number of carbonyl (C=O) groups is 1. The molecule has 0 aliphatic heterocycles. The maximum atomic E-state index is 12.3. The number of aromatic amines is 1. The minimum atomic E-state index is 0.265. The molecule has 8 heteroatoms. The first kappa shape index (κ1) is 22.0. The van der Waals surface area contributed by atoms with Crippen LogP contribution in [0, 0.1) is 11.5 Å². The molecule has 3 aromatic rings. The van der Waals surface area contributed by atoms with E-state index in [0.29, 0.717) is 25.3 Å². The van der Waals surface area contributed by atoms with E-state index < -0.39 is 0 Å². The maximum Gasteiger partial charge on any atom is 0.209 e. The van der Waals surface area contributed by atoms with Gasteiger partial charge in [0.25, 0.3) is 0 Å². The monoisotopic (exact) mass is 417 g/mol. The number of para-hydroxylation sites is 1. The molecule has 1 aromatic carbocycles. The average Bonchev–Trinajstić information content (AvgIpc) is 3.26. The molecule has 0 saturated carbocycles. The van der Waals surface area contributed by atoms with Crippen LogP contribution in [0.3, 0.4) is 0 Å². The molecule has 0 unspecified atom stereocenters. The van der Waals surface area contributed by atoms with E-state index in [9.17, 15) is 4.79 Å². The topological polar surface area (TPSA) is 119 Å². The first-order valence-corrected chi connectivity index (χ1v) is 10.6. The summed E-state index contributed by atoms with van der Waals surface area (Å²) in [7, 11) is 0. The van der Waals surface area contributed by atoms with Crippen LogP contribution in [0.4, 0.5) is 5.69 Å². The van der Waals surface area contributed by atoms with Gasteiger partial charge in [-0.3, -0.25) is 25.2 Å². The number of aliphatic imine (C=N–C) groups is 1. The van der Waals surface area contributed by atoms with Crippen molar-refractivity contribution in [2.45, 2.75) is 44.9 Å². The molecule has 0 spiro atoms. The number of hydrogen-bond donors (Lipinski definition) is 3. The number of nitrogens with one attached hydrogen (secondary N) is 3. The molecule has 160 valence electrons. The van der Waals surface area contributed by atoms with Crippen molar-refractivity contribution in [2.24, 2.45) is 4.99 Å². The second-order valence-corrected chi connectivity index (χ2v) is 7.31. The first-order chi connectivity index (χ1) is 15.3. The van der Waals surface area contributed by atoms with Crippen LogP contribution in [0.5, 0.6) is 0 Å². The SMILES string of the molecule is N#CNC(=NCCCCCCCC(=O)Cc1cccc2cn[nH]c12)Nc1ccncc1. The number of rotatable bonds is 11. The largest absolute Gasteiger partial charge is 0.325 e. The fourth-order valence-electron chi connectivity index (χ4n) is 3.37. The summed E-state index contributed by atoms with van der Waals surface area (Å²) in [5, 5.41) is 22.6. The van der Waals surface area contributed by atoms with Crippen LogP contribution in [0.25, 0.3) is 10.9 Å².